The smallest absolute Gasteiger partial charge is 0.341 e. The highest BCUT2D eigenvalue weighted by Crippen LogP contribution is 2.17. The molecular weight excluding hydrogens is 196 g/mol. The van der Waals surface area contributed by atoms with Crippen molar-refractivity contribution < 1.29 is 14.6 Å². The highest BCUT2D eigenvalue weighted by atomic mass is 16.5. The van der Waals surface area contributed by atoms with Crippen LogP contribution in [0.15, 0.2) is 18.3 Å². The summed E-state index contributed by atoms with van der Waals surface area (Å²) in [5.41, 5.74) is 0.115. The number of hydrogen-bond donors (Lipinski definition) is 2. The van der Waals surface area contributed by atoms with E-state index in [1.165, 1.54) is 12.3 Å². The number of nitrogens with zero attached hydrogens (tertiary/aromatic N) is 1. The predicted molar refractivity (Wildman–Crippen MR) is 53.1 cm³/mol. The van der Waals surface area contributed by atoms with Crippen LogP contribution in [0.3, 0.4) is 0 Å². The predicted octanol–water partition coefficient (Wildman–Crippen LogP) is 0.520. The number of aromatic nitrogens is 1. The van der Waals surface area contributed by atoms with E-state index in [2.05, 4.69) is 10.3 Å². The second-order valence-corrected chi connectivity index (χ2v) is 3.39. The summed E-state index contributed by atoms with van der Waals surface area (Å²) in [6.07, 6.45) is 2.44. The maximum absolute atomic E-state index is 10.9. The van der Waals surface area contributed by atoms with Crippen LogP contribution in [-0.2, 0) is 0 Å². The molecule has 1 aromatic heterocycles. The number of hydrogen-bond acceptors (Lipinski definition) is 4. The van der Waals surface area contributed by atoms with E-state index in [1.807, 2.05) is 0 Å². The number of nitrogens with one attached hydrogen (secondary N) is 1. The van der Waals surface area contributed by atoms with Crippen molar-refractivity contribution in [1.29, 1.82) is 0 Å². The number of carboxylic acids is 1. The minimum atomic E-state index is -1.01. The first kappa shape index (κ1) is 9.92. The molecule has 5 nitrogen and oxygen atoms in total. The van der Waals surface area contributed by atoms with Gasteiger partial charge in [0.15, 0.2) is 0 Å². The average Bonchev–Trinajstić information content (AvgIpc) is 2.71. The zero-order valence-corrected chi connectivity index (χ0v) is 8.14. The molecule has 0 amide bonds. The SMILES string of the molecule is O=C(O)c1cccnc1O[C@H]1CCNC1. The minimum absolute atomic E-state index is 0.0259. The normalized spacial score (nSPS) is 20.1. The van der Waals surface area contributed by atoms with Gasteiger partial charge in [-0.05, 0) is 25.1 Å². The molecule has 1 fully saturated rings. The lowest BCUT2D eigenvalue weighted by Gasteiger charge is -2.12. The van der Waals surface area contributed by atoms with Crippen LogP contribution in [0.1, 0.15) is 16.8 Å². The Balaban J connectivity index is 2.15. The second kappa shape index (κ2) is 4.27. The van der Waals surface area contributed by atoms with Crippen molar-refractivity contribution in [3.63, 3.8) is 0 Å². The Bertz CT molecular complexity index is 361. The lowest BCUT2D eigenvalue weighted by molar-refractivity contribution is 0.0688. The van der Waals surface area contributed by atoms with Gasteiger partial charge in [0.05, 0.1) is 0 Å². The van der Waals surface area contributed by atoms with Gasteiger partial charge >= 0.3 is 5.97 Å². The summed E-state index contributed by atoms with van der Waals surface area (Å²) in [7, 11) is 0. The van der Waals surface area contributed by atoms with Crippen LogP contribution in [-0.4, -0.2) is 35.3 Å². The summed E-state index contributed by atoms with van der Waals surface area (Å²) in [5.74, 6) is -0.803. The fourth-order valence-corrected chi connectivity index (χ4v) is 1.53. The molecule has 0 bridgehead atoms. The molecule has 0 aliphatic carbocycles. The summed E-state index contributed by atoms with van der Waals surface area (Å²) >= 11 is 0. The van der Waals surface area contributed by atoms with Crippen molar-refractivity contribution >= 4 is 5.97 Å². The summed E-state index contributed by atoms with van der Waals surface area (Å²) in [5, 5.41) is 12.0. The Kier molecular flexibility index (Phi) is 2.82. The Labute approximate surface area is 87.1 Å². The highest BCUT2D eigenvalue weighted by molar-refractivity contribution is 5.90. The second-order valence-electron chi connectivity index (χ2n) is 3.39. The largest absolute Gasteiger partial charge is 0.477 e. The lowest BCUT2D eigenvalue weighted by atomic mass is 10.2. The maximum atomic E-state index is 10.9. The Morgan fingerprint density at radius 2 is 2.53 bits per heavy atom. The third-order valence-corrected chi connectivity index (χ3v) is 2.29. The van der Waals surface area contributed by atoms with E-state index in [4.69, 9.17) is 9.84 Å². The molecule has 1 atom stereocenters. The molecule has 1 saturated heterocycles. The van der Waals surface area contributed by atoms with Gasteiger partial charge in [-0.15, -0.1) is 0 Å². The van der Waals surface area contributed by atoms with E-state index < -0.39 is 5.97 Å². The van der Waals surface area contributed by atoms with Gasteiger partial charge in [0, 0.05) is 12.7 Å². The van der Waals surface area contributed by atoms with Gasteiger partial charge < -0.3 is 15.2 Å². The van der Waals surface area contributed by atoms with Crippen molar-refractivity contribution in [1.82, 2.24) is 10.3 Å². The molecule has 0 aromatic carbocycles. The van der Waals surface area contributed by atoms with Crippen LogP contribution in [0, 0.1) is 0 Å². The molecule has 15 heavy (non-hydrogen) atoms. The summed E-state index contributed by atoms with van der Waals surface area (Å²) < 4.78 is 5.51. The number of pyridine rings is 1. The van der Waals surface area contributed by atoms with Crippen molar-refractivity contribution in [3.05, 3.63) is 23.9 Å². The van der Waals surface area contributed by atoms with Crippen molar-refractivity contribution in [2.45, 2.75) is 12.5 Å². The zero-order valence-electron chi connectivity index (χ0n) is 8.14. The van der Waals surface area contributed by atoms with Gasteiger partial charge in [0.2, 0.25) is 5.88 Å². The molecule has 80 valence electrons. The minimum Gasteiger partial charge on any atom is -0.477 e. The molecule has 1 aliphatic rings. The van der Waals surface area contributed by atoms with Crippen LogP contribution < -0.4 is 10.1 Å². The molecule has 2 rings (SSSR count). The van der Waals surface area contributed by atoms with Gasteiger partial charge in [-0.2, -0.15) is 0 Å². The van der Waals surface area contributed by atoms with Crippen LogP contribution in [0.25, 0.3) is 0 Å². The monoisotopic (exact) mass is 208 g/mol. The molecule has 0 radical (unpaired) electrons. The van der Waals surface area contributed by atoms with Gasteiger partial charge in [0.1, 0.15) is 11.7 Å². The third-order valence-electron chi connectivity index (χ3n) is 2.29. The average molecular weight is 208 g/mol. The lowest BCUT2D eigenvalue weighted by Crippen LogP contribution is -2.21. The Morgan fingerprint density at radius 1 is 1.67 bits per heavy atom. The summed E-state index contributed by atoms with van der Waals surface area (Å²) in [6.45, 7) is 1.65. The van der Waals surface area contributed by atoms with E-state index in [0.29, 0.717) is 0 Å². The molecule has 2 N–H and O–H groups in total. The van der Waals surface area contributed by atoms with E-state index >= 15 is 0 Å². The Hall–Kier alpha value is -1.62. The molecule has 5 heteroatoms. The first-order chi connectivity index (χ1) is 7.27. The number of ether oxygens (including phenoxy) is 1. The van der Waals surface area contributed by atoms with Gasteiger partial charge in [-0.3, -0.25) is 0 Å². The maximum Gasteiger partial charge on any atom is 0.341 e. The van der Waals surface area contributed by atoms with Crippen LogP contribution in [0.5, 0.6) is 5.88 Å². The molecule has 1 aliphatic heterocycles. The number of aromatic carboxylic acids is 1. The van der Waals surface area contributed by atoms with E-state index in [0.717, 1.165) is 19.5 Å². The van der Waals surface area contributed by atoms with Gasteiger partial charge in [-0.1, -0.05) is 0 Å². The zero-order chi connectivity index (χ0) is 10.7. The van der Waals surface area contributed by atoms with Crippen LogP contribution in [0.2, 0.25) is 0 Å². The topological polar surface area (TPSA) is 71.5 Å². The van der Waals surface area contributed by atoms with Crippen molar-refractivity contribution in [2.24, 2.45) is 0 Å². The first-order valence-corrected chi connectivity index (χ1v) is 4.83. The van der Waals surface area contributed by atoms with Crippen LogP contribution in [0.4, 0.5) is 0 Å². The van der Waals surface area contributed by atoms with E-state index in [9.17, 15) is 4.79 Å². The van der Waals surface area contributed by atoms with E-state index in [1.54, 1.807) is 6.07 Å². The first-order valence-electron chi connectivity index (χ1n) is 4.83. The molecule has 1 aromatic rings. The van der Waals surface area contributed by atoms with Crippen molar-refractivity contribution in [3.8, 4) is 5.88 Å². The third kappa shape index (κ3) is 2.24. The summed E-state index contributed by atoms with van der Waals surface area (Å²) in [6, 6.07) is 3.08. The summed E-state index contributed by atoms with van der Waals surface area (Å²) in [4.78, 5) is 14.8. The quantitative estimate of drug-likeness (QED) is 0.757. The molecule has 0 spiro atoms. The fourth-order valence-electron chi connectivity index (χ4n) is 1.53. The van der Waals surface area contributed by atoms with Crippen LogP contribution >= 0.6 is 0 Å². The fraction of sp³-hybridized carbons (Fsp3) is 0.400. The van der Waals surface area contributed by atoms with Gasteiger partial charge in [-0.25, -0.2) is 9.78 Å². The highest BCUT2D eigenvalue weighted by Gasteiger charge is 2.20. The molecular formula is C10H12N2O3. The standard InChI is InChI=1S/C10H12N2O3/c13-10(14)8-2-1-4-12-9(8)15-7-3-5-11-6-7/h1-2,4,7,11H,3,5-6H2,(H,13,14)/t7-/m0/s1. The number of carbonyl (C=O) groups is 1. The van der Waals surface area contributed by atoms with E-state index in [-0.39, 0.29) is 17.5 Å². The van der Waals surface area contributed by atoms with Gasteiger partial charge in [0.25, 0.3) is 0 Å². The molecule has 2 heterocycles. The Morgan fingerprint density at radius 3 is 3.20 bits per heavy atom. The molecule has 0 unspecified atom stereocenters. The molecule has 0 saturated carbocycles. The van der Waals surface area contributed by atoms with Crippen molar-refractivity contribution in [2.75, 3.05) is 13.1 Å². The number of carboxylic acid groups (broad SMARTS) is 1. The number of rotatable bonds is 3.